The average Bonchev–Trinajstić information content (AvgIpc) is 2.83. The molecule has 0 aliphatic heterocycles. The molecule has 0 saturated heterocycles. The first-order valence-corrected chi connectivity index (χ1v) is 6.87. The van der Waals surface area contributed by atoms with Gasteiger partial charge in [0.05, 0.1) is 6.54 Å². The van der Waals surface area contributed by atoms with Crippen molar-refractivity contribution in [3.05, 3.63) is 52.1 Å². The maximum atomic E-state index is 12.0. The predicted octanol–water partition coefficient (Wildman–Crippen LogP) is 2.38. The van der Waals surface area contributed by atoms with Gasteiger partial charge in [0, 0.05) is 11.8 Å². The van der Waals surface area contributed by atoms with E-state index in [4.69, 9.17) is 4.42 Å². The van der Waals surface area contributed by atoms with Crippen LogP contribution in [0.25, 0.3) is 0 Å². The van der Waals surface area contributed by atoms with Crippen LogP contribution < -0.4 is 5.32 Å². The molecule has 106 valence electrons. The zero-order chi connectivity index (χ0) is 14.8. The molecule has 1 atom stereocenters. The summed E-state index contributed by atoms with van der Waals surface area (Å²) in [7, 11) is 0. The Morgan fingerprint density at radius 1 is 1.50 bits per heavy atom. The number of amides is 1. The quantitative estimate of drug-likeness (QED) is 0.839. The molecule has 0 radical (unpaired) electrons. The Balaban J connectivity index is 2.03. The third-order valence-corrected chi connectivity index (χ3v) is 3.29. The summed E-state index contributed by atoms with van der Waals surface area (Å²) in [5, 5.41) is 13.0. The predicted molar refractivity (Wildman–Crippen MR) is 77.3 cm³/mol. The van der Waals surface area contributed by atoms with Crippen LogP contribution in [0.2, 0.25) is 0 Å². The molecule has 2 aromatic heterocycles. The van der Waals surface area contributed by atoms with E-state index >= 15 is 0 Å². The highest BCUT2D eigenvalue weighted by molar-refractivity contribution is 9.10. The van der Waals surface area contributed by atoms with Crippen LogP contribution in [0.5, 0.6) is 0 Å². The van der Waals surface area contributed by atoms with Gasteiger partial charge in [-0.2, -0.15) is 0 Å². The second-order valence-electron chi connectivity index (χ2n) is 4.73. The molecular weight excluding hydrogens is 324 g/mol. The minimum absolute atomic E-state index is 0.0543. The van der Waals surface area contributed by atoms with Crippen molar-refractivity contribution in [2.24, 2.45) is 0 Å². The minimum Gasteiger partial charge on any atom is -0.463 e. The van der Waals surface area contributed by atoms with E-state index in [-0.39, 0.29) is 12.5 Å². The largest absolute Gasteiger partial charge is 0.463 e. The minimum atomic E-state index is -1.26. The number of aryl methyl sites for hydroxylation is 1. The van der Waals surface area contributed by atoms with E-state index < -0.39 is 5.60 Å². The summed E-state index contributed by atoms with van der Waals surface area (Å²) < 4.78 is 5.97. The van der Waals surface area contributed by atoms with E-state index in [1.54, 1.807) is 38.1 Å². The van der Waals surface area contributed by atoms with Crippen molar-refractivity contribution in [2.45, 2.75) is 19.4 Å². The van der Waals surface area contributed by atoms with Gasteiger partial charge in [0.1, 0.15) is 21.7 Å². The zero-order valence-electron chi connectivity index (χ0n) is 11.2. The van der Waals surface area contributed by atoms with Crippen LogP contribution in [-0.2, 0) is 5.60 Å². The molecule has 6 heteroatoms. The summed E-state index contributed by atoms with van der Waals surface area (Å²) in [6.07, 6.45) is 1.53. The molecule has 20 heavy (non-hydrogen) atoms. The highest BCUT2D eigenvalue weighted by Crippen LogP contribution is 2.22. The van der Waals surface area contributed by atoms with E-state index in [0.717, 1.165) is 0 Å². The fourth-order valence-corrected chi connectivity index (χ4v) is 2.07. The standard InChI is InChI=1S/C14H15BrN2O3/c1-9-3-4-11(20-9)14(2,19)8-17-13(18)10-5-6-16-12(15)7-10/h3-7,19H,8H2,1-2H3,(H,17,18). The first-order chi connectivity index (χ1) is 9.38. The van der Waals surface area contributed by atoms with Crippen LogP contribution in [-0.4, -0.2) is 22.5 Å². The van der Waals surface area contributed by atoms with Crippen molar-refractivity contribution in [3.63, 3.8) is 0 Å². The molecule has 0 aliphatic rings. The monoisotopic (exact) mass is 338 g/mol. The molecule has 0 fully saturated rings. The molecule has 2 heterocycles. The molecule has 0 aromatic carbocycles. The number of halogens is 1. The number of nitrogens with zero attached hydrogens (tertiary/aromatic N) is 1. The van der Waals surface area contributed by atoms with Crippen molar-refractivity contribution in [1.29, 1.82) is 0 Å². The molecule has 1 amide bonds. The van der Waals surface area contributed by atoms with Crippen LogP contribution in [0.1, 0.15) is 28.8 Å². The summed E-state index contributed by atoms with van der Waals surface area (Å²) in [6, 6.07) is 6.68. The zero-order valence-corrected chi connectivity index (χ0v) is 12.8. The van der Waals surface area contributed by atoms with Crippen molar-refractivity contribution in [2.75, 3.05) is 6.54 Å². The highest BCUT2D eigenvalue weighted by atomic mass is 79.9. The number of carbonyl (C=O) groups excluding carboxylic acids is 1. The summed E-state index contributed by atoms with van der Waals surface area (Å²) in [5.74, 6) is 0.854. The van der Waals surface area contributed by atoms with Gasteiger partial charge in [0.25, 0.3) is 5.91 Å². The maximum Gasteiger partial charge on any atom is 0.251 e. The molecule has 2 rings (SSSR count). The van der Waals surface area contributed by atoms with E-state index in [9.17, 15) is 9.90 Å². The van der Waals surface area contributed by atoms with E-state index in [1.807, 2.05) is 0 Å². The van der Waals surface area contributed by atoms with Crippen molar-refractivity contribution < 1.29 is 14.3 Å². The Labute approximate surface area is 125 Å². The third kappa shape index (κ3) is 3.46. The molecule has 1 unspecified atom stereocenters. The Kier molecular flexibility index (Phi) is 4.25. The average molecular weight is 339 g/mol. The fraction of sp³-hybridized carbons (Fsp3) is 0.286. The van der Waals surface area contributed by atoms with Gasteiger partial charge >= 0.3 is 0 Å². The normalized spacial score (nSPS) is 13.8. The van der Waals surface area contributed by atoms with Crippen molar-refractivity contribution in [3.8, 4) is 0 Å². The van der Waals surface area contributed by atoms with Gasteiger partial charge in [-0.05, 0) is 54.0 Å². The highest BCUT2D eigenvalue weighted by Gasteiger charge is 2.27. The summed E-state index contributed by atoms with van der Waals surface area (Å²) in [5.41, 5.74) is -0.785. The van der Waals surface area contributed by atoms with Gasteiger partial charge in [-0.3, -0.25) is 4.79 Å². The topological polar surface area (TPSA) is 75.4 Å². The van der Waals surface area contributed by atoms with Crippen LogP contribution in [0.15, 0.2) is 39.5 Å². The van der Waals surface area contributed by atoms with E-state index in [0.29, 0.717) is 21.7 Å². The lowest BCUT2D eigenvalue weighted by molar-refractivity contribution is 0.0323. The van der Waals surface area contributed by atoms with Crippen molar-refractivity contribution >= 4 is 21.8 Å². The van der Waals surface area contributed by atoms with Gasteiger partial charge in [-0.15, -0.1) is 0 Å². The van der Waals surface area contributed by atoms with E-state index in [1.165, 1.54) is 6.20 Å². The number of aliphatic hydroxyl groups is 1. The smallest absolute Gasteiger partial charge is 0.251 e. The molecule has 0 saturated carbocycles. The second-order valence-corrected chi connectivity index (χ2v) is 5.55. The first kappa shape index (κ1) is 14.7. The van der Waals surface area contributed by atoms with Crippen LogP contribution in [0.4, 0.5) is 0 Å². The third-order valence-electron chi connectivity index (χ3n) is 2.85. The number of hydrogen-bond donors (Lipinski definition) is 2. The lowest BCUT2D eigenvalue weighted by Crippen LogP contribution is -2.38. The second kappa shape index (κ2) is 5.76. The van der Waals surface area contributed by atoms with Gasteiger partial charge in [0.2, 0.25) is 0 Å². The molecule has 2 N–H and O–H groups in total. The number of nitrogens with one attached hydrogen (secondary N) is 1. The SMILES string of the molecule is Cc1ccc(C(C)(O)CNC(=O)c2ccnc(Br)c2)o1. The van der Waals surface area contributed by atoms with Gasteiger partial charge in [-0.25, -0.2) is 4.98 Å². The molecule has 0 bridgehead atoms. The van der Waals surface area contributed by atoms with Gasteiger partial charge < -0.3 is 14.8 Å². The van der Waals surface area contributed by atoms with E-state index in [2.05, 4.69) is 26.2 Å². The molecule has 2 aromatic rings. The molecular formula is C14H15BrN2O3. The summed E-state index contributed by atoms with van der Waals surface area (Å²) in [6.45, 7) is 3.44. The lowest BCUT2D eigenvalue weighted by Gasteiger charge is -2.21. The van der Waals surface area contributed by atoms with Crippen LogP contribution in [0.3, 0.4) is 0 Å². The number of aromatic nitrogens is 1. The van der Waals surface area contributed by atoms with Crippen LogP contribution >= 0.6 is 15.9 Å². The van der Waals surface area contributed by atoms with Gasteiger partial charge in [-0.1, -0.05) is 0 Å². The molecule has 0 aliphatic carbocycles. The number of rotatable bonds is 4. The summed E-state index contributed by atoms with van der Waals surface area (Å²) in [4.78, 5) is 15.9. The van der Waals surface area contributed by atoms with Crippen LogP contribution in [0, 0.1) is 6.92 Å². The number of pyridine rings is 1. The Morgan fingerprint density at radius 3 is 2.85 bits per heavy atom. The summed E-state index contributed by atoms with van der Waals surface area (Å²) >= 11 is 3.21. The molecule has 0 spiro atoms. The number of hydrogen-bond acceptors (Lipinski definition) is 4. The number of carbonyl (C=O) groups is 1. The maximum absolute atomic E-state index is 12.0. The van der Waals surface area contributed by atoms with Crippen molar-refractivity contribution in [1.82, 2.24) is 10.3 Å². The Morgan fingerprint density at radius 2 is 2.25 bits per heavy atom. The Bertz CT molecular complexity index is 622. The fourth-order valence-electron chi connectivity index (χ4n) is 1.71. The Hall–Kier alpha value is -1.66. The van der Waals surface area contributed by atoms with Gasteiger partial charge in [0.15, 0.2) is 0 Å². The molecule has 5 nitrogen and oxygen atoms in total. The number of furan rings is 1. The first-order valence-electron chi connectivity index (χ1n) is 6.07. The lowest BCUT2D eigenvalue weighted by atomic mass is 10.0.